The van der Waals surface area contributed by atoms with Gasteiger partial charge < -0.3 is 5.32 Å². The summed E-state index contributed by atoms with van der Waals surface area (Å²) in [5.41, 5.74) is 2.22. The van der Waals surface area contributed by atoms with Crippen molar-refractivity contribution in [1.29, 1.82) is 0 Å². The van der Waals surface area contributed by atoms with Crippen LogP contribution < -0.4 is 5.32 Å². The predicted molar refractivity (Wildman–Crippen MR) is 72.9 cm³/mol. The Balaban J connectivity index is 2.28. The molecule has 2 unspecified atom stereocenters. The summed E-state index contributed by atoms with van der Waals surface area (Å²) in [6.07, 6.45) is 1.86. The van der Waals surface area contributed by atoms with Crippen LogP contribution in [0.3, 0.4) is 0 Å². The van der Waals surface area contributed by atoms with Crippen molar-refractivity contribution >= 4 is 0 Å². The molecular weight excluding hydrogens is 224 g/mol. The van der Waals surface area contributed by atoms with Crippen molar-refractivity contribution in [3.05, 3.63) is 42.2 Å². The lowest BCUT2D eigenvalue weighted by molar-refractivity contribution is 0.450. The van der Waals surface area contributed by atoms with Gasteiger partial charge in [0.15, 0.2) is 0 Å². The van der Waals surface area contributed by atoms with Crippen LogP contribution in [0.1, 0.15) is 25.5 Å². The molecule has 0 aliphatic rings. The molecule has 18 heavy (non-hydrogen) atoms. The SMILES string of the molecule is CNCC(C)C(C)c1cnnn1-c1ccccc1. The van der Waals surface area contributed by atoms with Crippen LogP contribution in [0.15, 0.2) is 36.5 Å². The highest BCUT2D eigenvalue weighted by atomic mass is 15.4. The van der Waals surface area contributed by atoms with E-state index in [1.807, 2.05) is 48.3 Å². The summed E-state index contributed by atoms with van der Waals surface area (Å²) < 4.78 is 1.93. The molecule has 0 aliphatic carbocycles. The van der Waals surface area contributed by atoms with Crippen LogP contribution in [-0.2, 0) is 0 Å². The number of aromatic nitrogens is 3. The Hall–Kier alpha value is -1.68. The molecule has 2 atom stereocenters. The molecule has 0 aliphatic heterocycles. The Morgan fingerprint density at radius 2 is 1.94 bits per heavy atom. The second kappa shape index (κ2) is 5.78. The van der Waals surface area contributed by atoms with Crippen molar-refractivity contribution in [1.82, 2.24) is 20.3 Å². The minimum absolute atomic E-state index is 0.410. The smallest absolute Gasteiger partial charge is 0.0732 e. The number of hydrogen-bond acceptors (Lipinski definition) is 3. The maximum atomic E-state index is 4.20. The fraction of sp³-hybridized carbons (Fsp3) is 0.429. The van der Waals surface area contributed by atoms with Gasteiger partial charge in [-0.1, -0.05) is 37.3 Å². The molecule has 0 saturated carbocycles. The number of para-hydroxylation sites is 1. The molecule has 4 heteroatoms. The lowest BCUT2D eigenvalue weighted by Crippen LogP contribution is -2.22. The zero-order chi connectivity index (χ0) is 13.0. The second-order valence-electron chi connectivity index (χ2n) is 4.73. The summed E-state index contributed by atoms with van der Waals surface area (Å²) in [6, 6.07) is 10.1. The summed E-state index contributed by atoms with van der Waals surface area (Å²) in [5, 5.41) is 11.5. The Kier molecular flexibility index (Phi) is 4.10. The molecule has 1 N–H and O–H groups in total. The van der Waals surface area contributed by atoms with Gasteiger partial charge in [0.25, 0.3) is 0 Å². The summed E-state index contributed by atoms with van der Waals surface area (Å²) in [6.45, 7) is 5.45. The average Bonchev–Trinajstić information content (AvgIpc) is 2.88. The van der Waals surface area contributed by atoms with Crippen LogP contribution in [0.25, 0.3) is 5.69 Å². The number of benzene rings is 1. The van der Waals surface area contributed by atoms with Crippen molar-refractivity contribution in [2.45, 2.75) is 19.8 Å². The zero-order valence-corrected chi connectivity index (χ0v) is 11.2. The van der Waals surface area contributed by atoms with Crippen molar-refractivity contribution in [2.24, 2.45) is 5.92 Å². The highest BCUT2D eigenvalue weighted by molar-refractivity contribution is 5.32. The average molecular weight is 244 g/mol. The highest BCUT2D eigenvalue weighted by Gasteiger charge is 2.19. The van der Waals surface area contributed by atoms with Crippen LogP contribution >= 0.6 is 0 Å². The fourth-order valence-corrected chi connectivity index (χ4v) is 2.11. The van der Waals surface area contributed by atoms with Crippen molar-refractivity contribution in [3.8, 4) is 5.69 Å². The minimum Gasteiger partial charge on any atom is -0.319 e. The Morgan fingerprint density at radius 3 is 2.61 bits per heavy atom. The van der Waals surface area contributed by atoms with Gasteiger partial charge in [-0.15, -0.1) is 5.10 Å². The molecule has 4 nitrogen and oxygen atoms in total. The van der Waals surface area contributed by atoms with Crippen molar-refractivity contribution in [3.63, 3.8) is 0 Å². The van der Waals surface area contributed by atoms with Crippen molar-refractivity contribution < 1.29 is 0 Å². The van der Waals surface area contributed by atoms with E-state index < -0.39 is 0 Å². The van der Waals surface area contributed by atoms with E-state index in [0.717, 1.165) is 17.9 Å². The lowest BCUT2D eigenvalue weighted by atomic mass is 9.93. The molecule has 1 aromatic carbocycles. The van der Waals surface area contributed by atoms with Crippen LogP contribution in [0, 0.1) is 5.92 Å². The Morgan fingerprint density at radius 1 is 1.22 bits per heavy atom. The predicted octanol–water partition coefficient (Wildman–Crippen LogP) is 2.23. The molecule has 0 radical (unpaired) electrons. The van der Waals surface area contributed by atoms with E-state index in [2.05, 4.69) is 29.5 Å². The largest absolute Gasteiger partial charge is 0.319 e. The lowest BCUT2D eigenvalue weighted by Gasteiger charge is -2.20. The number of hydrogen-bond donors (Lipinski definition) is 1. The number of nitrogens with zero attached hydrogens (tertiary/aromatic N) is 3. The second-order valence-corrected chi connectivity index (χ2v) is 4.73. The molecular formula is C14H20N4. The molecule has 96 valence electrons. The van der Waals surface area contributed by atoms with Gasteiger partial charge in [-0.3, -0.25) is 0 Å². The van der Waals surface area contributed by atoms with Gasteiger partial charge in [-0.2, -0.15) is 0 Å². The van der Waals surface area contributed by atoms with Gasteiger partial charge in [0.1, 0.15) is 0 Å². The molecule has 0 fully saturated rings. The van der Waals surface area contributed by atoms with E-state index in [-0.39, 0.29) is 0 Å². The van der Waals surface area contributed by atoms with Crippen molar-refractivity contribution in [2.75, 3.05) is 13.6 Å². The molecule has 2 rings (SSSR count). The molecule has 0 saturated heterocycles. The maximum Gasteiger partial charge on any atom is 0.0732 e. The van der Waals surface area contributed by atoms with Gasteiger partial charge in [0, 0.05) is 5.92 Å². The standard InChI is InChI=1S/C14H20N4/c1-11(9-15-3)12(2)14-10-16-17-18(14)13-7-5-4-6-8-13/h4-8,10-12,15H,9H2,1-3H3. The molecule has 2 aromatic rings. The Labute approximate surface area is 108 Å². The van der Waals surface area contributed by atoms with E-state index >= 15 is 0 Å². The first-order valence-electron chi connectivity index (χ1n) is 6.34. The quantitative estimate of drug-likeness (QED) is 0.877. The van der Waals surface area contributed by atoms with Crippen LogP contribution in [0.2, 0.25) is 0 Å². The third kappa shape index (κ3) is 2.59. The molecule has 0 bridgehead atoms. The third-order valence-electron chi connectivity index (χ3n) is 3.42. The van der Waals surface area contributed by atoms with Gasteiger partial charge in [0.2, 0.25) is 0 Å². The monoisotopic (exact) mass is 244 g/mol. The van der Waals surface area contributed by atoms with Crippen LogP contribution in [0.4, 0.5) is 0 Å². The maximum absolute atomic E-state index is 4.20. The van der Waals surface area contributed by atoms with Crippen LogP contribution in [0.5, 0.6) is 0 Å². The summed E-state index contributed by atoms with van der Waals surface area (Å²) >= 11 is 0. The molecule has 0 spiro atoms. The first-order valence-corrected chi connectivity index (χ1v) is 6.34. The van der Waals surface area contributed by atoms with E-state index in [9.17, 15) is 0 Å². The van der Waals surface area contributed by atoms with Gasteiger partial charge >= 0.3 is 0 Å². The first-order chi connectivity index (χ1) is 8.74. The zero-order valence-electron chi connectivity index (χ0n) is 11.2. The van der Waals surface area contributed by atoms with E-state index in [1.54, 1.807) is 0 Å². The van der Waals surface area contributed by atoms with Gasteiger partial charge in [0.05, 0.1) is 17.6 Å². The van der Waals surface area contributed by atoms with Gasteiger partial charge in [-0.05, 0) is 31.6 Å². The molecule has 1 heterocycles. The normalized spacial score (nSPS) is 14.4. The number of rotatable bonds is 5. The molecule has 0 amide bonds. The minimum atomic E-state index is 0.410. The fourth-order valence-electron chi connectivity index (χ4n) is 2.11. The summed E-state index contributed by atoms with van der Waals surface area (Å²) in [7, 11) is 1.98. The van der Waals surface area contributed by atoms with E-state index in [1.165, 1.54) is 0 Å². The first kappa shape index (κ1) is 12.8. The van der Waals surface area contributed by atoms with E-state index in [0.29, 0.717) is 11.8 Å². The highest BCUT2D eigenvalue weighted by Crippen LogP contribution is 2.24. The van der Waals surface area contributed by atoms with E-state index in [4.69, 9.17) is 0 Å². The summed E-state index contributed by atoms with van der Waals surface area (Å²) in [5.74, 6) is 0.948. The third-order valence-corrected chi connectivity index (χ3v) is 3.42. The summed E-state index contributed by atoms with van der Waals surface area (Å²) in [4.78, 5) is 0. The van der Waals surface area contributed by atoms with Crippen LogP contribution in [-0.4, -0.2) is 28.6 Å². The topological polar surface area (TPSA) is 42.7 Å². The van der Waals surface area contributed by atoms with Gasteiger partial charge in [-0.25, -0.2) is 4.68 Å². The Bertz CT molecular complexity index is 478. The number of nitrogens with one attached hydrogen (secondary N) is 1. The molecule has 1 aromatic heterocycles.